The number of hydrogen-bond donors (Lipinski definition) is 1. The SMILES string of the molecule is CCN(CC)C(=S)SCCO. The van der Waals surface area contributed by atoms with Gasteiger partial charge in [-0.1, -0.05) is 24.0 Å². The molecule has 0 atom stereocenters. The Balaban J connectivity index is 3.61. The zero-order valence-corrected chi connectivity index (χ0v) is 8.67. The van der Waals surface area contributed by atoms with Crippen LogP contribution in [0.3, 0.4) is 0 Å². The molecule has 1 N–H and O–H groups in total. The first-order valence-electron chi connectivity index (χ1n) is 3.78. The van der Waals surface area contributed by atoms with Crippen LogP contribution in [0.2, 0.25) is 0 Å². The molecule has 4 heteroatoms. The molecule has 0 unspecified atom stereocenters. The Morgan fingerprint density at radius 2 is 2.00 bits per heavy atom. The summed E-state index contributed by atoms with van der Waals surface area (Å²) >= 11 is 6.66. The molecular weight excluding hydrogens is 178 g/mol. The predicted octanol–water partition coefficient (Wildman–Crippen LogP) is 1.34. The minimum atomic E-state index is 0.200. The highest BCUT2D eigenvalue weighted by molar-refractivity contribution is 8.22. The molecule has 0 aromatic rings. The molecule has 0 amide bonds. The van der Waals surface area contributed by atoms with E-state index in [9.17, 15) is 0 Å². The molecule has 0 aliphatic heterocycles. The van der Waals surface area contributed by atoms with Crippen LogP contribution in [0, 0.1) is 0 Å². The van der Waals surface area contributed by atoms with Gasteiger partial charge in [-0.15, -0.1) is 0 Å². The van der Waals surface area contributed by atoms with Crippen LogP contribution in [0.1, 0.15) is 13.8 Å². The monoisotopic (exact) mass is 193 g/mol. The molecule has 0 heterocycles. The number of thiocarbonyl (C=S) groups is 1. The average Bonchev–Trinajstić information content (AvgIpc) is 2.03. The van der Waals surface area contributed by atoms with E-state index in [0.29, 0.717) is 5.75 Å². The lowest BCUT2D eigenvalue weighted by atomic mass is 10.6. The van der Waals surface area contributed by atoms with Gasteiger partial charge in [0.2, 0.25) is 0 Å². The third-order valence-electron chi connectivity index (χ3n) is 1.34. The summed E-state index contributed by atoms with van der Waals surface area (Å²) in [4.78, 5) is 2.11. The number of hydrogen-bond acceptors (Lipinski definition) is 3. The molecule has 0 fully saturated rings. The van der Waals surface area contributed by atoms with E-state index in [-0.39, 0.29) is 6.61 Å². The zero-order chi connectivity index (χ0) is 8.69. The Kier molecular flexibility index (Phi) is 7.01. The highest BCUT2D eigenvalue weighted by Crippen LogP contribution is 2.07. The largest absolute Gasteiger partial charge is 0.396 e. The summed E-state index contributed by atoms with van der Waals surface area (Å²) in [5, 5.41) is 8.54. The van der Waals surface area contributed by atoms with Crippen LogP contribution in [0.5, 0.6) is 0 Å². The van der Waals surface area contributed by atoms with Gasteiger partial charge in [0, 0.05) is 18.8 Å². The summed E-state index contributed by atoms with van der Waals surface area (Å²) in [5.41, 5.74) is 0. The summed E-state index contributed by atoms with van der Waals surface area (Å²) in [6.07, 6.45) is 0. The minimum Gasteiger partial charge on any atom is -0.396 e. The molecule has 11 heavy (non-hydrogen) atoms. The Morgan fingerprint density at radius 3 is 2.36 bits per heavy atom. The van der Waals surface area contributed by atoms with Crippen molar-refractivity contribution in [1.82, 2.24) is 4.90 Å². The number of rotatable bonds is 4. The quantitative estimate of drug-likeness (QED) is 0.681. The Labute approximate surface area is 78.0 Å². The van der Waals surface area contributed by atoms with E-state index in [1.807, 2.05) is 0 Å². The maximum Gasteiger partial charge on any atom is 0.136 e. The smallest absolute Gasteiger partial charge is 0.136 e. The summed E-state index contributed by atoms with van der Waals surface area (Å²) in [6.45, 7) is 6.26. The van der Waals surface area contributed by atoms with Gasteiger partial charge in [-0.2, -0.15) is 0 Å². The molecule has 0 saturated heterocycles. The molecule has 0 rings (SSSR count). The highest BCUT2D eigenvalue weighted by atomic mass is 32.2. The molecule has 0 spiro atoms. The van der Waals surface area contributed by atoms with E-state index < -0.39 is 0 Å². The molecule has 2 nitrogen and oxygen atoms in total. The van der Waals surface area contributed by atoms with Crippen molar-refractivity contribution in [2.75, 3.05) is 25.4 Å². The van der Waals surface area contributed by atoms with Crippen LogP contribution in [0.25, 0.3) is 0 Å². The van der Waals surface area contributed by atoms with Gasteiger partial charge >= 0.3 is 0 Å². The second-order valence-corrected chi connectivity index (χ2v) is 3.74. The average molecular weight is 193 g/mol. The molecule has 66 valence electrons. The minimum absolute atomic E-state index is 0.200. The molecule has 0 radical (unpaired) electrons. The molecule has 0 aromatic heterocycles. The van der Waals surface area contributed by atoms with Gasteiger partial charge in [-0.05, 0) is 13.8 Å². The fourth-order valence-electron chi connectivity index (χ4n) is 0.706. The third-order valence-corrected chi connectivity index (χ3v) is 2.84. The molecule has 0 bridgehead atoms. The van der Waals surface area contributed by atoms with Crippen LogP contribution in [-0.2, 0) is 0 Å². The highest BCUT2D eigenvalue weighted by Gasteiger charge is 2.03. The maximum absolute atomic E-state index is 8.54. The number of aliphatic hydroxyl groups excluding tert-OH is 1. The van der Waals surface area contributed by atoms with Gasteiger partial charge in [-0.3, -0.25) is 0 Å². The molecule has 0 aliphatic carbocycles. The van der Waals surface area contributed by atoms with Crippen LogP contribution in [0.15, 0.2) is 0 Å². The summed E-state index contributed by atoms with van der Waals surface area (Å²) in [5.74, 6) is 0.704. The van der Waals surface area contributed by atoms with E-state index in [1.54, 1.807) is 11.8 Å². The number of nitrogens with zero attached hydrogens (tertiary/aromatic N) is 1. The first kappa shape index (κ1) is 11.2. The molecule has 0 saturated carbocycles. The Morgan fingerprint density at radius 1 is 1.45 bits per heavy atom. The van der Waals surface area contributed by atoms with Crippen LogP contribution in [0.4, 0.5) is 0 Å². The molecule has 0 aromatic carbocycles. The first-order chi connectivity index (χ1) is 5.26. The van der Waals surface area contributed by atoms with Gasteiger partial charge in [-0.25, -0.2) is 0 Å². The van der Waals surface area contributed by atoms with Crippen LogP contribution in [-0.4, -0.2) is 39.8 Å². The van der Waals surface area contributed by atoms with Crippen molar-refractivity contribution in [1.29, 1.82) is 0 Å². The van der Waals surface area contributed by atoms with Crippen molar-refractivity contribution in [3.63, 3.8) is 0 Å². The fourth-order valence-corrected chi connectivity index (χ4v) is 1.92. The van der Waals surface area contributed by atoms with E-state index >= 15 is 0 Å². The van der Waals surface area contributed by atoms with Gasteiger partial charge in [0.05, 0.1) is 6.61 Å². The van der Waals surface area contributed by atoms with Gasteiger partial charge in [0.1, 0.15) is 4.32 Å². The second kappa shape index (κ2) is 6.88. The van der Waals surface area contributed by atoms with E-state index in [2.05, 4.69) is 18.7 Å². The predicted molar refractivity (Wildman–Crippen MR) is 55.1 cm³/mol. The Hall–Kier alpha value is 0.200. The first-order valence-corrected chi connectivity index (χ1v) is 5.18. The summed E-state index contributed by atoms with van der Waals surface area (Å²) < 4.78 is 0.893. The summed E-state index contributed by atoms with van der Waals surface area (Å²) in [7, 11) is 0. The standard InChI is InChI=1S/C7H15NOS2/c1-3-8(4-2)7(10)11-6-5-9/h9H,3-6H2,1-2H3. The molecule has 0 aliphatic rings. The van der Waals surface area contributed by atoms with Crippen molar-refractivity contribution in [2.45, 2.75) is 13.8 Å². The van der Waals surface area contributed by atoms with E-state index in [1.165, 1.54) is 0 Å². The van der Waals surface area contributed by atoms with Gasteiger partial charge in [0.25, 0.3) is 0 Å². The van der Waals surface area contributed by atoms with Crippen molar-refractivity contribution < 1.29 is 5.11 Å². The fraction of sp³-hybridized carbons (Fsp3) is 0.857. The second-order valence-electron chi connectivity index (χ2n) is 2.01. The van der Waals surface area contributed by atoms with E-state index in [0.717, 1.165) is 17.4 Å². The van der Waals surface area contributed by atoms with Crippen LogP contribution >= 0.6 is 24.0 Å². The lowest BCUT2D eigenvalue weighted by molar-refractivity contribution is 0.322. The van der Waals surface area contributed by atoms with Gasteiger partial charge in [0.15, 0.2) is 0 Å². The summed E-state index contributed by atoms with van der Waals surface area (Å²) in [6, 6.07) is 0. The topological polar surface area (TPSA) is 23.5 Å². The van der Waals surface area contributed by atoms with Crippen LogP contribution < -0.4 is 0 Å². The lowest BCUT2D eigenvalue weighted by Crippen LogP contribution is -2.26. The van der Waals surface area contributed by atoms with Crippen molar-refractivity contribution in [3.05, 3.63) is 0 Å². The van der Waals surface area contributed by atoms with Gasteiger partial charge < -0.3 is 10.0 Å². The van der Waals surface area contributed by atoms with Crippen molar-refractivity contribution >= 4 is 28.3 Å². The Bertz CT molecular complexity index is 115. The zero-order valence-electron chi connectivity index (χ0n) is 7.04. The van der Waals surface area contributed by atoms with E-state index in [4.69, 9.17) is 17.3 Å². The normalized spacial score (nSPS) is 9.73. The third kappa shape index (κ3) is 4.61. The lowest BCUT2D eigenvalue weighted by Gasteiger charge is -2.20. The number of aliphatic hydroxyl groups is 1. The number of thioether (sulfide) groups is 1. The molecular formula is C7H15NOS2. The van der Waals surface area contributed by atoms with Crippen molar-refractivity contribution in [3.8, 4) is 0 Å². The maximum atomic E-state index is 8.54. The van der Waals surface area contributed by atoms with Crippen molar-refractivity contribution in [2.24, 2.45) is 0 Å².